The molecule has 1 aliphatic carbocycles. The molecule has 6 heteroatoms. The van der Waals surface area contributed by atoms with Crippen LogP contribution in [0.3, 0.4) is 0 Å². The third-order valence-corrected chi connectivity index (χ3v) is 7.20. The van der Waals surface area contributed by atoms with E-state index < -0.39 is 0 Å². The molecule has 0 amide bonds. The summed E-state index contributed by atoms with van der Waals surface area (Å²) >= 11 is 6.14. The Labute approximate surface area is 207 Å². The predicted molar refractivity (Wildman–Crippen MR) is 139 cm³/mol. The van der Waals surface area contributed by atoms with E-state index in [4.69, 9.17) is 21.1 Å². The quantitative estimate of drug-likeness (QED) is 0.390. The molecular formula is C28H34ClN3O2. The van der Waals surface area contributed by atoms with Gasteiger partial charge in [0.15, 0.2) is 11.5 Å². The van der Waals surface area contributed by atoms with Crippen molar-refractivity contribution in [3.8, 4) is 11.5 Å². The first kappa shape index (κ1) is 23.3. The second-order valence-electron chi connectivity index (χ2n) is 9.45. The Balaban J connectivity index is 1.18. The Hall–Kier alpha value is -2.50. The Morgan fingerprint density at radius 1 is 1.00 bits per heavy atom. The molecule has 1 saturated carbocycles. The Morgan fingerprint density at radius 2 is 1.82 bits per heavy atom. The molecule has 2 aromatic carbocycles. The van der Waals surface area contributed by atoms with E-state index in [2.05, 4.69) is 45.5 Å². The van der Waals surface area contributed by atoms with Crippen LogP contribution in [0.4, 0.5) is 5.69 Å². The second-order valence-corrected chi connectivity index (χ2v) is 9.89. The largest absolute Gasteiger partial charge is 0.490 e. The van der Waals surface area contributed by atoms with Crippen molar-refractivity contribution >= 4 is 28.2 Å². The van der Waals surface area contributed by atoms with E-state index in [9.17, 15) is 0 Å². The van der Waals surface area contributed by atoms with E-state index in [1.807, 2.05) is 25.3 Å². The summed E-state index contributed by atoms with van der Waals surface area (Å²) in [6, 6.07) is 14.9. The predicted octanol–water partition coefficient (Wildman–Crippen LogP) is 6.68. The molecular weight excluding hydrogens is 446 g/mol. The molecule has 0 spiro atoms. The Kier molecular flexibility index (Phi) is 7.41. The molecule has 1 aliphatic heterocycles. The molecule has 1 saturated heterocycles. The van der Waals surface area contributed by atoms with Crippen LogP contribution in [0, 0.1) is 0 Å². The number of hydrogen-bond acceptors (Lipinski definition) is 5. The number of aromatic nitrogens is 1. The van der Waals surface area contributed by atoms with E-state index in [1.54, 1.807) is 0 Å². The number of benzene rings is 2. The Bertz CT molecular complexity index is 1110. The van der Waals surface area contributed by atoms with E-state index >= 15 is 0 Å². The van der Waals surface area contributed by atoms with Gasteiger partial charge in [0.1, 0.15) is 0 Å². The average Bonchev–Trinajstić information content (AvgIpc) is 3.35. The monoisotopic (exact) mass is 479 g/mol. The van der Waals surface area contributed by atoms with Crippen LogP contribution in [0.25, 0.3) is 10.9 Å². The molecule has 2 fully saturated rings. The maximum atomic E-state index is 6.25. The van der Waals surface area contributed by atoms with Gasteiger partial charge in [-0.25, -0.2) is 0 Å². The molecule has 5 nitrogen and oxygen atoms in total. The van der Waals surface area contributed by atoms with Crippen LogP contribution in [0.5, 0.6) is 11.5 Å². The number of hydrogen-bond donors (Lipinski definition) is 1. The number of ether oxygens (including phenoxy) is 2. The number of pyridine rings is 1. The topological polar surface area (TPSA) is 46.6 Å². The van der Waals surface area contributed by atoms with E-state index in [0.717, 1.165) is 78.4 Å². The lowest BCUT2D eigenvalue weighted by Crippen LogP contribution is -2.38. The van der Waals surface area contributed by atoms with Crippen LogP contribution in [-0.4, -0.2) is 41.7 Å². The van der Waals surface area contributed by atoms with Crippen molar-refractivity contribution in [3.05, 3.63) is 59.2 Å². The SMILES string of the molecule is CCOc1cc(CN2CCC(Nc3ccnc4cc(Cl)ccc34)CC2)ccc1OC1CCCC1. The molecule has 0 atom stereocenters. The summed E-state index contributed by atoms with van der Waals surface area (Å²) in [5.41, 5.74) is 3.35. The van der Waals surface area contributed by atoms with Gasteiger partial charge >= 0.3 is 0 Å². The number of rotatable bonds is 8. The number of nitrogens with zero attached hydrogens (tertiary/aromatic N) is 2. The fourth-order valence-corrected chi connectivity index (χ4v) is 5.33. The van der Waals surface area contributed by atoms with Crippen LogP contribution >= 0.6 is 11.6 Å². The summed E-state index contributed by atoms with van der Waals surface area (Å²) < 4.78 is 12.2. The molecule has 2 aliphatic rings. The van der Waals surface area contributed by atoms with Gasteiger partial charge in [-0.3, -0.25) is 9.88 Å². The number of anilines is 1. The van der Waals surface area contributed by atoms with E-state index in [-0.39, 0.29) is 0 Å². The van der Waals surface area contributed by atoms with Gasteiger partial charge in [-0.1, -0.05) is 17.7 Å². The molecule has 0 radical (unpaired) electrons. The number of nitrogens with one attached hydrogen (secondary N) is 1. The lowest BCUT2D eigenvalue weighted by Gasteiger charge is -2.33. The minimum atomic E-state index is 0.339. The number of halogens is 1. The summed E-state index contributed by atoms with van der Waals surface area (Å²) in [6.45, 7) is 5.75. The van der Waals surface area contributed by atoms with Crippen LogP contribution in [0.1, 0.15) is 51.0 Å². The highest BCUT2D eigenvalue weighted by molar-refractivity contribution is 6.31. The van der Waals surface area contributed by atoms with Gasteiger partial charge < -0.3 is 14.8 Å². The van der Waals surface area contributed by atoms with Gasteiger partial charge in [-0.05, 0) is 87.4 Å². The molecule has 3 aromatic rings. The van der Waals surface area contributed by atoms with E-state index in [0.29, 0.717) is 18.8 Å². The minimum absolute atomic E-state index is 0.339. The smallest absolute Gasteiger partial charge is 0.161 e. The first-order chi connectivity index (χ1) is 16.7. The molecule has 1 aromatic heterocycles. The maximum Gasteiger partial charge on any atom is 0.161 e. The highest BCUT2D eigenvalue weighted by atomic mass is 35.5. The van der Waals surface area contributed by atoms with Crippen molar-refractivity contribution in [2.45, 2.75) is 64.1 Å². The summed E-state index contributed by atoms with van der Waals surface area (Å²) in [5.74, 6) is 1.78. The standard InChI is InChI=1S/C28H34ClN3O2/c1-2-33-28-17-20(7-10-27(28)34-23-5-3-4-6-23)19-32-15-12-22(13-16-32)31-25-11-14-30-26-18-21(29)8-9-24(25)26/h7-11,14,17-18,22-23H,2-6,12-13,15-16,19H2,1H3,(H,30,31). The van der Waals surface area contributed by atoms with Crippen molar-refractivity contribution in [2.24, 2.45) is 0 Å². The molecule has 1 N–H and O–H groups in total. The van der Waals surface area contributed by atoms with E-state index in [1.165, 1.54) is 18.4 Å². The first-order valence-electron chi connectivity index (χ1n) is 12.6. The van der Waals surface area contributed by atoms with Crippen molar-refractivity contribution in [1.82, 2.24) is 9.88 Å². The van der Waals surface area contributed by atoms with Crippen LogP contribution < -0.4 is 14.8 Å². The average molecular weight is 480 g/mol. The van der Waals surface area contributed by atoms with Gasteiger partial charge in [0, 0.05) is 48.0 Å². The third-order valence-electron chi connectivity index (χ3n) is 6.96. The lowest BCUT2D eigenvalue weighted by atomic mass is 10.0. The minimum Gasteiger partial charge on any atom is -0.490 e. The molecule has 0 bridgehead atoms. The summed E-state index contributed by atoms with van der Waals surface area (Å²) in [6.07, 6.45) is 9.25. The van der Waals surface area contributed by atoms with Gasteiger partial charge in [0.2, 0.25) is 0 Å². The van der Waals surface area contributed by atoms with Gasteiger partial charge in [0.25, 0.3) is 0 Å². The van der Waals surface area contributed by atoms with Crippen molar-refractivity contribution in [2.75, 3.05) is 25.0 Å². The van der Waals surface area contributed by atoms with Crippen LogP contribution in [-0.2, 0) is 6.54 Å². The van der Waals surface area contributed by atoms with Crippen molar-refractivity contribution in [3.63, 3.8) is 0 Å². The zero-order chi connectivity index (χ0) is 23.3. The molecule has 5 rings (SSSR count). The lowest BCUT2D eigenvalue weighted by molar-refractivity contribution is 0.195. The number of fused-ring (bicyclic) bond motifs is 1. The molecule has 0 unspecified atom stereocenters. The van der Waals surface area contributed by atoms with Crippen molar-refractivity contribution in [1.29, 1.82) is 0 Å². The number of piperidine rings is 1. The Morgan fingerprint density at radius 3 is 2.62 bits per heavy atom. The fourth-order valence-electron chi connectivity index (χ4n) is 5.16. The van der Waals surface area contributed by atoms with Gasteiger partial charge in [0.05, 0.1) is 18.2 Å². The molecule has 180 valence electrons. The fraction of sp³-hybridized carbons (Fsp3) is 0.464. The normalized spacial score (nSPS) is 17.8. The molecule has 34 heavy (non-hydrogen) atoms. The zero-order valence-electron chi connectivity index (χ0n) is 19.9. The third kappa shape index (κ3) is 5.59. The van der Waals surface area contributed by atoms with Crippen LogP contribution in [0.15, 0.2) is 48.7 Å². The summed E-state index contributed by atoms with van der Waals surface area (Å²) in [4.78, 5) is 6.99. The van der Waals surface area contributed by atoms with Crippen molar-refractivity contribution < 1.29 is 9.47 Å². The number of likely N-dealkylation sites (tertiary alicyclic amines) is 1. The highest BCUT2D eigenvalue weighted by Crippen LogP contribution is 2.33. The first-order valence-corrected chi connectivity index (χ1v) is 13.0. The van der Waals surface area contributed by atoms with Crippen LogP contribution in [0.2, 0.25) is 5.02 Å². The highest BCUT2D eigenvalue weighted by Gasteiger charge is 2.22. The van der Waals surface area contributed by atoms with Gasteiger partial charge in [-0.15, -0.1) is 0 Å². The second kappa shape index (κ2) is 10.8. The summed E-state index contributed by atoms with van der Waals surface area (Å²) in [7, 11) is 0. The zero-order valence-corrected chi connectivity index (χ0v) is 20.7. The summed E-state index contributed by atoms with van der Waals surface area (Å²) in [5, 5.41) is 5.59. The maximum absolute atomic E-state index is 6.25. The molecule has 2 heterocycles. The van der Waals surface area contributed by atoms with Gasteiger partial charge in [-0.2, -0.15) is 0 Å².